The minimum atomic E-state index is -0.272. The van der Waals surface area contributed by atoms with Crippen LogP contribution in [0.15, 0.2) is 82.1 Å². The maximum Gasteiger partial charge on any atom is 0.271 e. The highest BCUT2D eigenvalue weighted by atomic mass is 32.1. The summed E-state index contributed by atoms with van der Waals surface area (Å²) in [6.45, 7) is 6.23. The van der Waals surface area contributed by atoms with Crippen LogP contribution < -0.4 is 29.3 Å². The maximum atomic E-state index is 14.1. The number of aryl methyl sites for hydroxylation is 1. The molecule has 1 aliphatic carbocycles. The molecule has 6 nitrogen and oxygen atoms in total. The number of anilines is 1. The molecule has 1 aromatic heterocycles. The largest absolute Gasteiger partial charge is 0.493 e. The van der Waals surface area contributed by atoms with Crippen LogP contribution in [-0.2, 0) is 6.42 Å². The van der Waals surface area contributed by atoms with Gasteiger partial charge in [-0.15, -0.1) is 0 Å². The van der Waals surface area contributed by atoms with E-state index in [-0.39, 0.29) is 11.6 Å². The van der Waals surface area contributed by atoms with Gasteiger partial charge in [0.15, 0.2) is 16.3 Å². The topological polar surface area (TPSA) is 56.1 Å². The number of nitrogens with zero attached hydrogens (tertiary/aromatic N) is 3. The zero-order valence-corrected chi connectivity index (χ0v) is 24.1. The number of thiazole rings is 1. The normalized spacial score (nSPS) is 16.1. The van der Waals surface area contributed by atoms with Gasteiger partial charge in [0.1, 0.15) is 0 Å². The van der Waals surface area contributed by atoms with E-state index in [4.69, 9.17) is 14.5 Å². The number of methoxy groups -OCH3 is 2. The Kier molecular flexibility index (Phi) is 7.07. The summed E-state index contributed by atoms with van der Waals surface area (Å²) >= 11 is 1.45. The molecular weight excluding hydrogens is 518 g/mol. The van der Waals surface area contributed by atoms with Gasteiger partial charge in [-0.05, 0) is 79.3 Å². The van der Waals surface area contributed by atoms with Crippen molar-refractivity contribution in [1.82, 2.24) is 4.57 Å². The van der Waals surface area contributed by atoms with Gasteiger partial charge in [0.05, 0.1) is 30.5 Å². The SMILES string of the molecule is CCN(CC)c1ccc(C=c2sc3n(c2=O)C(c2ccc(OC)c(OC)c2)C2=C(N=3)c3ccccc3CC2)cc1. The fraction of sp³-hybridized carbons (Fsp3) is 0.273. The number of rotatable bonds is 7. The second-order valence-electron chi connectivity index (χ2n) is 9.99. The van der Waals surface area contributed by atoms with Crippen LogP contribution in [0.4, 0.5) is 5.69 Å². The molecule has 0 N–H and O–H groups in total. The van der Waals surface area contributed by atoms with E-state index in [2.05, 4.69) is 67.3 Å². The number of ether oxygens (including phenoxy) is 2. The Morgan fingerprint density at radius 1 is 0.975 bits per heavy atom. The monoisotopic (exact) mass is 551 g/mol. The van der Waals surface area contributed by atoms with Crippen LogP contribution in [0.3, 0.4) is 0 Å². The summed E-state index contributed by atoms with van der Waals surface area (Å²) in [7, 11) is 3.27. The van der Waals surface area contributed by atoms with E-state index in [0.29, 0.717) is 20.8 Å². The molecule has 1 unspecified atom stereocenters. The van der Waals surface area contributed by atoms with Gasteiger partial charge in [-0.1, -0.05) is 53.8 Å². The highest BCUT2D eigenvalue weighted by Crippen LogP contribution is 2.42. The summed E-state index contributed by atoms with van der Waals surface area (Å²) in [5.41, 5.74) is 7.73. The number of aromatic nitrogens is 1. The first-order valence-corrected chi connectivity index (χ1v) is 14.6. The molecule has 4 aromatic rings. The molecule has 0 bridgehead atoms. The lowest BCUT2D eigenvalue weighted by Crippen LogP contribution is -2.38. The molecule has 3 aromatic carbocycles. The van der Waals surface area contributed by atoms with Gasteiger partial charge >= 0.3 is 0 Å². The zero-order valence-electron chi connectivity index (χ0n) is 23.3. The van der Waals surface area contributed by atoms with Crippen molar-refractivity contribution in [2.45, 2.75) is 32.7 Å². The summed E-state index contributed by atoms with van der Waals surface area (Å²) in [5, 5.41) is 0. The smallest absolute Gasteiger partial charge is 0.271 e. The van der Waals surface area contributed by atoms with E-state index in [1.807, 2.05) is 28.8 Å². The quantitative estimate of drug-likeness (QED) is 0.318. The summed E-state index contributed by atoms with van der Waals surface area (Å²) in [5.74, 6) is 1.31. The fourth-order valence-corrected chi connectivity index (χ4v) is 6.87. The zero-order chi connectivity index (χ0) is 27.8. The molecule has 2 aliphatic rings. The van der Waals surface area contributed by atoms with Crippen molar-refractivity contribution in [1.29, 1.82) is 0 Å². The van der Waals surface area contributed by atoms with E-state index >= 15 is 0 Å². The average molecular weight is 552 g/mol. The van der Waals surface area contributed by atoms with Crippen LogP contribution in [0.5, 0.6) is 11.5 Å². The van der Waals surface area contributed by atoms with Crippen molar-refractivity contribution in [3.63, 3.8) is 0 Å². The molecule has 0 spiro atoms. The molecule has 7 heteroatoms. The van der Waals surface area contributed by atoms with Crippen molar-refractivity contribution < 1.29 is 9.47 Å². The summed E-state index contributed by atoms with van der Waals surface area (Å²) in [6.07, 6.45) is 3.74. The predicted molar refractivity (Wildman–Crippen MR) is 162 cm³/mol. The second-order valence-corrected chi connectivity index (χ2v) is 11.0. The Labute approximate surface area is 238 Å². The molecule has 0 radical (unpaired) electrons. The predicted octanol–water partition coefficient (Wildman–Crippen LogP) is 5.18. The Hall–Kier alpha value is -4.10. The number of fused-ring (bicyclic) bond motifs is 3. The summed E-state index contributed by atoms with van der Waals surface area (Å²) in [4.78, 5) is 22.2. The number of allylic oxidation sites excluding steroid dienone is 1. The number of hydrogen-bond acceptors (Lipinski definition) is 6. The second kappa shape index (κ2) is 10.8. The third-order valence-electron chi connectivity index (χ3n) is 7.92. The van der Waals surface area contributed by atoms with Gasteiger partial charge in [-0.3, -0.25) is 9.36 Å². The third kappa shape index (κ3) is 4.44. The molecule has 1 aliphatic heterocycles. The lowest BCUT2D eigenvalue weighted by atomic mass is 9.83. The van der Waals surface area contributed by atoms with Crippen molar-refractivity contribution >= 4 is 28.8 Å². The first-order valence-electron chi connectivity index (χ1n) is 13.8. The van der Waals surface area contributed by atoms with Gasteiger partial charge < -0.3 is 14.4 Å². The van der Waals surface area contributed by atoms with E-state index in [1.165, 1.54) is 22.6 Å². The highest BCUT2D eigenvalue weighted by Gasteiger charge is 2.33. The molecule has 40 heavy (non-hydrogen) atoms. The van der Waals surface area contributed by atoms with Crippen molar-refractivity contribution in [3.05, 3.63) is 114 Å². The van der Waals surface area contributed by atoms with Crippen LogP contribution in [0, 0.1) is 0 Å². The molecule has 2 heterocycles. The summed E-state index contributed by atoms with van der Waals surface area (Å²) < 4.78 is 13.7. The highest BCUT2D eigenvalue weighted by molar-refractivity contribution is 7.07. The van der Waals surface area contributed by atoms with Gasteiger partial charge in [0.2, 0.25) is 0 Å². The Morgan fingerprint density at radius 3 is 2.45 bits per heavy atom. The minimum absolute atomic E-state index is 0.0261. The van der Waals surface area contributed by atoms with Gasteiger partial charge in [-0.25, -0.2) is 4.99 Å². The van der Waals surface area contributed by atoms with Crippen LogP contribution in [-0.4, -0.2) is 31.9 Å². The molecule has 6 rings (SSSR count). The number of benzene rings is 3. The fourth-order valence-electron chi connectivity index (χ4n) is 5.87. The average Bonchev–Trinajstić information content (AvgIpc) is 3.31. The Morgan fingerprint density at radius 2 is 1.73 bits per heavy atom. The van der Waals surface area contributed by atoms with E-state index in [0.717, 1.165) is 53.9 Å². The standard InChI is InChI=1S/C33H33N3O3S/c1-5-35(6-2)24-15-11-21(12-16-24)19-29-32(37)36-31(23-14-18-27(38-3)28(20-23)39-4)26-17-13-22-9-7-8-10-25(22)30(26)34-33(36)40-29/h7-12,14-16,18-20,31H,5-6,13,17H2,1-4H3. The summed E-state index contributed by atoms with van der Waals surface area (Å²) in [6, 6.07) is 22.5. The van der Waals surface area contributed by atoms with Crippen LogP contribution in [0.25, 0.3) is 11.8 Å². The molecule has 0 saturated carbocycles. The van der Waals surface area contributed by atoms with Gasteiger partial charge in [0.25, 0.3) is 5.56 Å². The van der Waals surface area contributed by atoms with Crippen LogP contribution >= 0.6 is 11.3 Å². The maximum absolute atomic E-state index is 14.1. The van der Waals surface area contributed by atoms with Crippen molar-refractivity contribution in [2.75, 3.05) is 32.2 Å². The molecule has 0 fully saturated rings. The van der Waals surface area contributed by atoms with Gasteiger partial charge in [-0.2, -0.15) is 0 Å². The van der Waals surface area contributed by atoms with E-state index < -0.39 is 0 Å². The molecule has 1 atom stereocenters. The number of hydrogen-bond donors (Lipinski definition) is 0. The first-order chi connectivity index (χ1) is 19.6. The van der Waals surface area contributed by atoms with Gasteiger partial charge in [0, 0.05) is 24.3 Å². The molecule has 204 valence electrons. The van der Waals surface area contributed by atoms with E-state index in [1.54, 1.807) is 14.2 Å². The minimum Gasteiger partial charge on any atom is -0.493 e. The Balaban J connectivity index is 1.53. The molecular formula is C33H33N3O3S. The van der Waals surface area contributed by atoms with Crippen molar-refractivity contribution in [3.8, 4) is 11.5 Å². The van der Waals surface area contributed by atoms with Crippen LogP contribution in [0.1, 0.15) is 48.6 Å². The molecule has 0 saturated heterocycles. The Bertz CT molecular complexity index is 1780. The van der Waals surface area contributed by atoms with Crippen molar-refractivity contribution in [2.24, 2.45) is 4.99 Å². The van der Waals surface area contributed by atoms with Crippen LogP contribution in [0.2, 0.25) is 0 Å². The lowest BCUT2D eigenvalue weighted by molar-refractivity contribution is 0.354. The lowest BCUT2D eigenvalue weighted by Gasteiger charge is -2.31. The molecule has 0 amide bonds. The third-order valence-corrected chi connectivity index (χ3v) is 8.90. The first kappa shape index (κ1) is 26.1. The van der Waals surface area contributed by atoms with E-state index in [9.17, 15) is 4.79 Å².